The summed E-state index contributed by atoms with van der Waals surface area (Å²) in [5, 5.41) is 6.60. The van der Waals surface area contributed by atoms with Gasteiger partial charge in [-0.05, 0) is 19.1 Å². The molecule has 1 heterocycles. The summed E-state index contributed by atoms with van der Waals surface area (Å²) in [5.74, 6) is 1.04. The SMILES string of the molecule is COc1cccc(NC(=O)NCc2sc(-c3ccccc3)nc2C)c1OC. The average molecular weight is 383 g/mol. The highest BCUT2D eigenvalue weighted by atomic mass is 32.1. The summed E-state index contributed by atoms with van der Waals surface area (Å²) in [6.45, 7) is 2.34. The van der Waals surface area contributed by atoms with Crippen molar-refractivity contribution in [3.05, 3.63) is 59.1 Å². The number of carbonyl (C=O) groups is 1. The van der Waals surface area contributed by atoms with E-state index < -0.39 is 0 Å². The number of rotatable bonds is 6. The Morgan fingerprint density at radius 1 is 1.07 bits per heavy atom. The van der Waals surface area contributed by atoms with Crippen molar-refractivity contribution in [2.75, 3.05) is 19.5 Å². The van der Waals surface area contributed by atoms with E-state index in [9.17, 15) is 4.79 Å². The quantitative estimate of drug-likeness (QED) is 0.659. The third-order valence-corrected chi connectivity index (χ3v) is 5.18. The maximum atomic E-state index is 12.3. The van der Waals surface area contributed by atoms with E-state index in [1.165, 1.54) is 7.11 Å². The summed E-state index contributed by atoms with van der Waals surface area (Å²) in [5.41, 5.74) is 2.53. The molecule has 0 unspecified atom stereocenters. The van der Waals surface area contributed by atoms with Gasteiger partial charge in [0.15, 0.2) is 11.5 Å². The topological polar surface area (TPSA) is 72.5 Å². The summed E-state index contributed by atoms with van der Waals surface area (Å²) in [6, 6.07) is 15.0. The molecule has 0 aliphatic rings. The molecule has 0 atom stereocenters. The van der Waals surface area contributed by atoms with Gasteiger partial charge in [0.05, 0.1) is 32.1 Å². The molecular formula is C20H21N3O3S. The van der Waals surface area contributed by atoms with Crippen LogP contribution in [0.5, 0.6) is 11.5 Å². The fraction of sp³-hybridized carbons (Fsp3) is 0.200. The van der Waals surface area contributed by atoms with Gasteiger partial charge in [-0.15, -0.1) is 11.3 Å². The number of benzene rings is 2. The second-order valence-electron chi connectivity index (χ2n) is 5.74. The van der Waals surface area contributed by atoms with Gasteiger partial charge in [-0.25, -0.2) is 9.78 Å². The standard InChI is InChI=1S/C20H21N3O3S/c1-13-17(27-19(22-13)14-8-5-4-6-9-14)12-21-20(24)23-15-10-7-11-16(25-2)18(15)26-3/h4-11H,12H2,1-3H3,(H2,21,23,24). The lowest BCUT2D eigenvalue weighted by Gasteiger charge is -2.13. The van der Waals surface area contributed by atoms with Gasteiger partial charge in [0.25, 0.3) is 0 Å². The summed E-state index contributed by atoms with van der Waals surface area (Å²) in [6.07, 6.45) is 0. The predicted octanol–water partition coefficient (Wildman–Crippen LogP) is 4.46. The Morgan fingerprint density at radius 2 is 1.85 bits per heavy atom. The number of urea groups is 1. The summed E-state index contributed by atoms with van der Waals surface area (Å²) < 4.78 is 10.6. The number of amides is 2. The molecule has 2 aromatic carbocycles. The number of methoxy groups -OCH3 is 2. The zero-order valence-electron chi connectivity index (χ0n) is 15.4. The molecule has 3 rings (SSSR count). The van der Waals surface area contributed by atoms with E-state index in [1.54, 1.807) is 36.6 Å². The molecule has 3 aromatic rings. The number of nitrogens with one attached hydrogen (secondary N) is 2. The number of anilines is 1. The lowest BCUT2D eigenvalue weighted by molar-refractivity contribution is 0.251. The van der Waals surface area contributed by atoms with Crippen LogP contribution in [0.25, 0.3) is 10.6 Å². The molecule has 0 radical (unpaired) electrons. The molecule has 7 heteroatoms. The average Bonchev–Trinajstić information content (AvgIpc) is 3.07. The van der Waals surface area contributed by atoms with Gasteiger partial charge in [0.2, 0.25) is 0 Å². The molecule has 0 saturated heterocycles. The Labute approximate surface area is 162 Å². The summed E-state index contributed by atoms with van der Waals surface area (Å²) in [4.78, 5) is 17.9. The number of aryl methyl sites for hydroxylation is 1. The van der Waals surface area contributed by atoms with E-state index in [0.717, 1.165) is 21.1 Å². The highest BCUT2D eigenvalue weighted by Crippen LogP contribution is 2.34. The molecule has 0 bridgehead atoms. The zero-order valence-corrected chi connectivity index (χ0v) is 16.2. The maximum absolute atomic E-state index is 12.3. The van der Waals surface area contributed by atoms with Crippen molar-refractivity contribution in [1.29, 1.82) is 0 Å². The van der Waals surface area contributed by atoms with Gasteiger partial charge >= 0.3 is 6.03 Å². The molecular weight excluding hydrogens is 362 g/mol. The normalized spacial score (nSPS) is 10.3. The Bertz CT molecular complexity index is 925. The monoisotopic (exact) mass is 383 g/mol. The van der Waals surface area contributed by atoms with Crippen LogP contribution < -0.4 is 20.1 Å². The lowest BCUT2D eigenvalue weighted by Crippen LogP contribution is -2.28. The third kappa shape index (κ3) is 4.38. The number of ether oxygens (including phenoxy) is 2. The zero-order chi connectivity index (χ0) is 19.2. The van der Waals surface area contributed by atoms with Gasteiger partial charge in [-0.3, -0.25) is 0 Å². The van der Waals surface area contributed by atoms with Crippen LogP contribution in [0, 0.1) is 6.92 Å². The molecule has 0 aliphatic heterocycles. The first-order valence-electron chi connectivity index (χ1n) is 8.40. The molecule has 0 saturated carbocycles. The van der Waals surface area contributed by atoms with Crippen LogP contribution in [-0.2, 0) is 6.54 Å². The Balaban J connectivity index is 1.66. The number of thiazole rings is 1. The van der Waals surface area contributed by atoms with E-state index in [2.05, 4.69) is 15.6 Å². The molecule has 6 nitrogen and oxygen atoms in total. The largest absolute Gasteiger partial charge is 0.493 e. The van der Waals surface area contributed by atoms with Crippen LogP contribution in [0.15, 0.2) is 48.5 Å². The highest BCUT2D eigenvalue weighted by molar-refractivity contribution is 7.15. The number of hydrogen-bond donors (Lipinski definition) is 2. The van der Waals surface area contributed by atoms with E-state index in [1.807, 2.05) is 37.3 Å². The first-order chi connectivity index (χ1) is 13.1. The summed E-state index contributed by atoms with van der Waals surface area (Å²) >= 11 is 1.58. The second kappa shape index (κ2) is 8.55. The van der Waals surface area contributed by atoms with Gasteiger partial charge in [0, 0.05) is 10.4 Å². The van der Waals surface area contributed by atoms with Crippen LogP contribution in [0.1, 0.15) is 10.6 Å². The van der Waals surface area contributed by atoms with Gasteiger partial charge in [-0.2, -0.15) is 0 Å². The fourth-order valence-electron chi connectivity index (χ4n) is 2.61. The van der Waals surface area contributed by atoms with Crippen molar-refractivity contribution >= 4 is 23.1 Å². The molecule has 1 aromatic heterocycles. The number of aromatic nitrogens is 1. The molecule has 0 spiro atoms. The molecule has 0 fully saturated rings. The van der Waals surface area contributed by atoms with E-state index in [-0.39, 0.29) is 6.03 Å². The Kier molecular flexibility index (Phi) is 5.93. The van der Waals surface area contributed by atoms with Gasteiger partial charge in [-0.1, -0.05) is 36.4 Å². The maximum Gasteiger partial charge on any atom is 0.319 e. The Morgan fingerprint density at radius 3 is 2.56 bits per heavy atom. The number of carbonyl (C=O) groups excluding carboxylic acids is 1. The van der Waals surface area contributed by atoms with Gasteiger partial charge in [0.1, 0.15) is 5.01 Å². The second-order valence-corrected chi connectivity index (χ2v) is 6.83. The van der Waals surface area contributed by atoms with E-state index >= 15 is 0 Å². The van der Waals surface area contributed by atoms with E-state index in [4.69, 9.17) is 9.47 Å². The minimum atomic E-state index is -0.324. The molecule has 2 amide bonds. The lowest BCUT2D eigenvalue weighted by atomic mass is 10.2. The van der Waals surface area contributed by atoms with Crippen LogP contribution >= 0.6 is 11.3 Å². The summed E-state index contributed by atoms with van der Waals surface area (Å²) in [7, 11) is 3.09. The number of nitrogens with zero attached hydrogens (tertiary/aromatic N) is 1. The Hall–Kier alpha value is -3.06. The van der Waals surface area contributed by atoms with Crippen LogP contribution in [0.3, 0.4) is 0 Å². The minimum absolute atomic E-state index is 0.324. The number of hydrogen-bond acceptors (Lipinski definition) is 5. The molecule has 0 aliphatic carbocycles. The first-order valence-corrected chi connectivity index (χ1v) is 9.21. The van der Waals surface area contributed by atoms with Crippen LogP contribution in [-0.4, -0.2) is 25.2 Å². The van der Waals surface area contributed by atoms with Crippen molar-refractivity contribution in [3.63, 3.8) is 0 Å². The highest BCUT2D eigenvalue weighted by Gasteiger charge is 2.13. The minimum Gasteiger partial charge on any atom is -0.493 e. The molecule has 140 valence electrons. The predicted molar refractivity (Wildman–Crippen MR) is 108 cm³/mol. The van der Waals surface area contributed by atoms with Crippen molar-refractivity contribution in [2.45, 2.75) is 13.5 Å². The van der Waals surface area contributed by atoms with Crippen molar-refractivity contribution in [1.82, 2.24) is 10.3 Å². The third-order valence-electron chi connectivity index (χ3n) is 3.97. The molecule has 2 N–H and O–H groups in total. The van der Waals surface area contributed by atoms with E-state index in [0.29, 0.717) is 23.7 Å². The van der Waals surface area contributed by atoms with Crippen LogP contribution in [0.2, 0.25) is 0 Å². The fourth-order valence-corrected chi connectivity index (χ4v) is 3.62. The van der Waals surface area contributed by atoms with Crippen molar-refractivity contribution < 1.29 is 14.3 Å². The smallest absolute Gasteiger partial charge is 0.319 e. The number of para-hydroxylation sites is 1. The molecule has 27 heavy (non-hydrogen) atoms. The first kappa shape index (κ1) is 18.7. The van der Waals surface area contributed by atoms with Crippen LogP contribution in [0.4, 0.5) is 10.5 Å². The van der Waals surface area contributed by atoms with Gasteiger partial charge < -0.3 is 20.1 Å². The van der Waals surface area contributed by atoms with Crippen molar-refractivity contribution in [3.8, 4) is 22.1 Å². The van der Waals surface area contributed by atoms with Crippen molar-refractivity contribution in [2.24, 2.45) is 0 Å².